The maximum Gasteiger partial charge on any atom is 0.349 e. The Morgan fingerprint density at radius 3 is 2.62 bits per heavy atom. The van der Waals surface area contributed by atoms with Crippen LogP contribution in [0.4, 0.5) is 4.39 Å². The standard InChI is InChI=1S/C25H26ClFN4O3/c1-3-10-34-19(11-16-4-7-18(26)8-5-16)14-31-21-9-6-17(15(2)13-27)12-20(21)28-22-23(31)29-25(33)30-24(22)32/h4-9,12,15,19H,3,10-11,13-14H2,1-2H3,(H,30,32,33). The van der Waals surface area contributed by atoms with Crippen LogP contribution in [-0.2, 0) is 17.7 Å². The fourth-order valence-electron chi connectivity index (χ4n) is 3.94. The number of nitrogens with one attached hydrogen (secondary N) is 1. The normalized spacial score (nSPS) is 13.4. The summed E-state index contributed by atoms with van der Waals surface area (Å²) in [5, 5.41) is 0.653. The third-order valence-electron chi connectivity index (χ3n) is 5.75. The first kappa shape index (κ1) is 24.0. The van der Waals surface area contributed by atoms with Gasteiger partial charge >= 0.3 is 5.69 Å². The van der Waals surface area contributed by atoms with Crippen LogP contribution in [0.3, 0.4) is 0 Å². The monoisotopic (exact) mass is 484 g/mol. The van der Waals surface area contributed by atoms with Gasteiger partial charge in [-0.3, -0.25) is 14.2 Å². The van der Waals surface area contributed by atoms with Gasteiger partial charge in [-0.15, -0.1) is 0 Å². The molecule has 2 aliphatic rings. The van der Waals surface area contributed by atoms with Crippen molar-refractivity contribution in [1.29, 1.82) is 0 Å². The van der Waals surface area contributed by atoms with Gasteiger partial charge in [-0.05, 0) is 41.8 Å². The number of hydrogen-bond donors (Lipinski definition) is 1. The van der Waals surface area contributed by atoms with E-state index < -0.39 is 17.9 Å². The zero-order chi connectivity index (χ0) is 24.2. The third kappa shape index (κ3) is 5.18. The molecule has 178 valence electrons. The molecule has 2 unspecified atom stereocenters. The number of halogens is 2. The summed E-state index contributed by atoms with van der Waals surface area (Å²) in [6.07, 6.45) is 1.17. The molecule has 2 heterocycles. The predicted molar refractivity (Wildman–Crippen MR) is 131 cm³/mol. The zero-order valence-electron chi connectivity index (χ0n) is 19.1. The van der Waals surface area contributed by atoms with Crippen molar-refractivity contribution in [2.24, 2.45) is 0 Å². The zero-order valence-corrected chi connectivity index (χ0v) is 19.8. The number of benzene rings is 2. The van der Waals surface area contributed by atoms with E-state index in [2.05, 4.69) is 15.0 Å². The summed E-state index contributed by atoms with van der Waals surface area (Å²) in [4.78, 5) is 35.4. The molecule has 1 N–H and O–H groups in total. The Kier molecular flexibility index (Phi) is 7.38. The second kappa shape index (κ2) is 10.4. The molecule has 2 atom stereocenters. The van der Waals surface area contributed by atoms with Gasteiger partial charge < -0.3 is 9.30 Å². The molecule has 2 aliphatic heterocycles. The van der Waals surface area contributed by atoms with Crippen molar-refractivity contribution in [3.63, 3.8) is 0 Å². The summed E-state index contributed by atoms with van der Waals surface area (Å²) in [7, 11) is 0. The summed E-state index contributed by atoms with van der Waals surface area (Å²) >= 11 is 6.03. The summed E-state index contributed by atoms with van der Waals surface area (Å²) < 4.78 is 21.2. The van der Waals surface area contributed by atoms with E-state index in [1.165, 1.54) is 0 Å². The quantitative estimate of drug-likeness (QED) is 0.357. The number of aromatic nitrogens is 4. The topological polar surface area (TPSA) is 89.9 Å². The van der Waals surface area contributed by atoms with E-state index in [9.17, 15) is 14.0 Å². The molecule has 4 rings (SSSR count). The van der Waals surface area contributed by atoms with Crippen molar-refractivity contribution in [2.45, 2.75) is 45.3 Å². The van der Waals surface area contributed by atoms with Crippen LogP contribution in [0, 0.1) is 0 Å². The first-order valence-electron chi connectivity index (χ1n) is 11.3. The molecular weight excluding hydrogens is 459 g/mol. The van der Waals surface area contributed by atoms with Crippen molar-refractivity contribution in [2.75, 3.05) is 13.3 Å². The SMILES string of the molecule is CCCOC(Cc1ccc(Cl)cc1)Cn1c2nc(=O)[nH]c(=O)c-2nc2cc(C(C)CF)ccc21. The molecule has 7 nitrogen and oxygen atoms in total. The molecule has 0 aliphatic carbocycles. The van der Waals surface area contributed by atoms with Crippen LogP contribution in [0.2, 0.25) is 5.02 Å². The molecule has 0 saturated carbocycles. The molecule has 0 saturated heterocycles. The van der Waals surface area contributed by atoms with Gasteiger partial charge in [0.15, 0.2) is 11.5 Å². The minimum Gasteiger partial charge on any atom is -0.376 e. The van der Waals surface area contributed by atoms with E-state index in [0.29, 0.717) is 35.6 Å². The molecule has 0 fully saturated rings. The number of ether oxygens (including phenoxy) is 1. The molecule has 34 heavy (non-hydrogen) atoms. The predicted octanol–water partition coefficient (Wildman–Crippen LogP) is 4.35. The number of H-pyrrole nitrogens is 1. The highest BCUT2D eigenvalue weighted by molar-refractivity contribution is 6.30. The fourth-order valence-corrected chi connectivity index (χ4v) is 4.07. The largest absolute Gasteiger partial charge is 0.376 e. The molecule has 0 spiro atoms. The van der Waals surface area contributed by atoms with Crippen LogP contribution < -0.4 is 11.2 Å². The van der Waals surface area contributed by atoms with Gasteiger partial charge in [-0.1, -0.05) is 43.6 Å². The van der Waals surface area contributed by atoms with Crippen LogP contribution in [0.1, 0.15) is 37.3 Å². The second-order valence-electron chi connectivity index (χ2n) is 8.39. The van der Waals surface area contributed by atoms with Gasteiger partial charge in [0.2, 0.25) is 0 Å². The Morgan fingerprint density at radius 2 is 1.91 bits per heavy atom. The minimum atomic E-state index is -0.737. The molecule has 0 bridgehead atoms. The highest BCUT2D eigenvalue weighted by atomic mass is 35.5. The molecule has 0 radical (unpaired) electrons. The Morgan fingerprint density at radius 1 is 1.15 bits per heavy atom. The van der Waals surface area contributed by atoms with E-state index in [1.54, 1.807) is 17.6 Å². The highest BCUT2D eigenvalue weighted by Crippen LogP contribution is 2.26. The number of nitrogens with zero attached hydrogens (tertiary/aromatic N) is 3. The van der Waals surface area contributed by atoms with Crippen molar-refractivity contribution in [3.05, 3.63) is 79.5 Å². The lowest BCUT2D eigenvalue weighted by Crippen LogP contribution is -2.31. The first-order chi connectivity index (χ1) is 16.4. The van der Waals surface area contributed by atoms with Crippen LogP contribution in [0.15, 0.2) is 52.1 Å². The maximum atomic E-state index is 13.3. The van der Waals surface area contributed by atoms with Crippen LogP contribution >= 0.6 is 11.6 Å². The van der Waals surface area contributed by atoms with Gasteiger partial charge in [0.25, 0.3) is 5.56 Å². The molecular formula is C25H26ClFN4O3. The average Bonchev–Trinajstić information content (AvgIpc) is 2.83. The van der Waals surface area contributed by atoms with Crippen molar-refractivity contribution >= 4 is 22.6 Å². The summed E-state index contributed by atoms with van der Waals surface area (Å²) in [5.41, 5.74) is 1.73. The highest BCUT2D eigenvalue weighted by Gasteiger charge is 2.22. The summed E-state index contributed by atoms with van der Waals surface area (Å²) in [6.45, 7) is 4.21. The lowest BCUT2D eigenvalue weighted by atomic mass is 10.0. The van der Waals surface area contributed by atoms with E-state index in [1.807, 2.05) is 43.3 Å². The van der Waals surface area contributed by atoms with Gasteiger partial charge in [0, 0.05) is 24.0 Å². The molecule has 9 heteroatoms. The second-order valence-corrected chi connectivity index (χ2v) is 8.83. The molecule has 0 amide bonds. The summed E-state index contributed by atoms with van der Waals surface area (Å²) in [6, 6.07) is 13.0. The van der Waals surface area contributed by atoms with Crippen LogP contribution in [0.25, 0.3) is 22.6 Å². The smallest absolute Gasteiger partial charge is 0.349 e. The van der Waals surface area contributed by atoms with E-state index in [-0.39, 0.29) is 23.5 Å². The minimum absolute atomic E-state index is 0.0536. The Hall–Kier alpha value is -3.10. The van der Waals surface area contributed by atoms with Crippen LogP contribution in [-0.4, -0.2) is 38.9 Å². The third-order valence-corrected chi connectivity index (χ3v) is 6.01. The lowest BCUT2D eigenvalue weighted by molar-refractivity contribution is 0.0430. The number of alkyl halides is 1. The Bertz CT molecular complexity index is 1370. The molecule has 2 aromatic carbocycles. The number of hydrogen-bond acceptors (Lipinski definition) is 5. The van der Waals surface area contributed by atoms with E-state index in [0.717, 1.165) is 17.5 Å². The van der Waals surface area contributed by atoms with E-state index >= 15 is 0 Å². The Labute approximate surface area is 200 Å². The number of fused-ring (bicyclic) bond motifs is 2. The van der Waals surface area contributed by atoms with Crippen LogP contribution in [0.5, 0.6) is 0 Å². The lowest BCUT2D eigenvalue weighted by Gasteiger charge is -2.23. The van der Waals surface area contributed by atoms with Crippen molar-refractivity contribution in [3.8, 4) is 11.5 Å². The first-order valence-corrected chi connectivity index (χ1v) is 11.6. The van der Waals surface area contributed by atoms with Gasteiger partial charge in [-0.25, -0.2) is 9.78 Å². The fraction of sp³-hybridized carbons (Fsp3) is 0.360. The van der Waals surface area contributed by atoms with Gasteiger partial charge in [0.05, 0.1) is 30.4 Å². The van der Waals surface area contributed by atoms with Crippen molar-refractivity contribution in [1.82, 2.24) is 19.5 Å². The maximum absolute atomic E-state index is 13.3. The Balaban J connectivity index is 1.84. The van der Waals surface area contributed by atoms with Gasteiger partial charge in [-0.2, -0.15) is 4.98 Å². The molecule has 0 aromatic heterocycles. The summed E-state index contributed by atoms with van der Waals surface area (Å²) in [5.74, 6) is -0.116. The van der Waals surface area contributed by atoms with Gasteiger partial charge in [0.1, 0.15) is 0 Å². The number of aromatic amines is 1. The molecule has 2 aromatic rings. The average molecular weight is 485 g/mol. The van der Waals surface area contributed by atoms with Crippen molar-refractivity contribution < 1.29 is 9.13 Å². The number of rotatable bonds is 9. The van der Waals surface area contributed by atoms with E-state index in [4.69, 9.17) is 16.3 Å².